The lowest BCUT2D eigenvalue weighted by atomic mass is 9.99. The molecule has 5 heterocycles. The van der Waals surface area contributed by atoms with Gasteiger partial charge < -0.3 is 10.6 Å². The molecular formula is C22H27N9O2S. The van der Waals surface area contributed by atoms with Crippen molar-refractivity contribution in [1.82, 2.24) is 29.2 Å². The van der Waals surface area contributed by atoms with Crippen molar-refractivity contribution in [3.8, 4) is 6.07 Å². The van der Waals surface area contributed by atoms with E-state index in [2.05, 4.69) is 30.5 Å². The first-order valence-electron chi connectivity index (χ1n) is 11.4. The number of aromatic amines is 1. The summed E-state index contributed by atoms with van der Waals surface area (Å²) < 4.78 is 29.8. The molecule has 3 atom stereocenters. The van der Waals surface area contributed by atoms with E-state index in [1.165, 1.54) is 0 Å². The van der Waals surface area contributed by atoms with Gasteiger partial charge in [0.1, 0.15) is 11.6 Å². The van der Waals surface area contributed by atoms with E-state index in [-0.39, 0.29) is 31.1 Å². The molecule has 12 heteroatoms. The third-order valence-corrected chi connectivity index (χ3v) is 8.09. The zero-order valence-electron chi connectivity index (χ0n) is 18.8. The van der Waals surface area contributed by atoms with Crippen LogP contribution in [0.3, 0.4) is 0 Å². The average Bonchev–Trinajstić information content (AvgIpc) is 3.34. The maximum Gasteiger partial charge on any atom is 0.279 e. The Morgan fingerprint density at radius 3 is 2.74 bits per heavy atom. The Bertz CT molecular complexity index is 1320. The molecule has 2 aliphatic heterocycles. The second-order valence-corrected chi connectivity index (χ2v) is 10.5. The van der Waals surface area contributed by atoms with E-state index in [0.717, 1.165) is 29.4 Å². The minimum Gasteiger partial charge on any atom is -0.367 e. The Morgan fingerprint density at radius 1 is 1.24 bits per heavy atom. The summed E-state index contributed by atoms with van der Waals surface area (Å²) in [6.07, 6.45) is 4.94. The fourth-order valence-electron chi connectivity index (χ4n) is 5.01. The number of piperidine rings is 1. The molecule has 0 saturated carbocycles. The smallest absolute Gasteiger partial charge is 0.279 e. The highest BCUT2D eigenvalue weighted by Gasteiger charge is 2.46. The number of hydrogen-bond donors (Lipinski definition) is 4. The van der Waals surface area contributed by atoms with Gasteiger partial charge >= 0.3 is 0 Å². The molecule has 3 aromatic heterocycles. The normalized spacial score (nSPS) is 22.5. The molecule has 3 aromatic rings. The van der Waals surface area contributed by atoms with Crippen molar-refractivity contribution in [2.24, 2.45) is 0 Å². The molecule has 0 spiro atoms. The molecule has 11 nitrogen and oxygen atoms in total. The Kier molecular flexibility index (Phi) is 6.07. The van der Waals surface area contributed by atoms with Gasteiger partial charge in [0.2, 0.25) is 0 Å². The lowest BCUT2D eigenvalue weighted by Gasteiger charge is -2.38. The van der Waals surface area contributed by atoms with E-state index in [1.807, 2.05) is 37.3 Å². The highest BCUT2D eigenvalue weighted by Crippen LogP contribution is 2.39. The molecule has 2 fully saturated rings. The number of rotatable bonds is 8. The second-order valence-electron chi connectivity index (χ2n) is 8.82. The zero-order chi connectivity index (χ0) is 23.7. The van der Waals surface area contributed by atoms with Gasteiger partial charge in [-0.05, 0) is 44.7 Å². The molecule has 34 heavy (non-hydrogen) atoms. The van der Waals surface area contributed by atoms with Crippen molar-refractivity contribution >= 4 is 38.6 Å². The number of aromatic nitrogens is 4. The van der Waals surface area contributed by atoms with Gasteiger partial charge in [0, 0.05) is 60.5 Å². The number of pyridine rings is 2. The third-order valence-electron chi connectivity index (χ3n) is 6.37. The molecule has 0 unspecified atom stereocenters. The molecule has 0 aliphatic carbocycles. The number of hydrogen-bond acceptors (Lipinski definition) is 8. The van der Waals surface area contributed by atoms with E-state index >= 15 is 0 Å². The van der Waals surface area contributed by atoms with Crippen LogP contribution in [0.1, 0.15) is 37.8 Å². The largest absolute Gasteiger partial charge is 0.367 e. The SMILES string of the molecule is Cc1cc(Nc2cc3ncccc3c(N[C@@H]3C[C@H]4CC[C@@H](C3)N4S(=O)(=O)NCCC#N)n2)n[nH]1. The van der Waals surface area contributed by atoms with Gasteiger partial charge in [0.15, 0.2) is 5.82 Å². The highest BCUT2D eigenvalue weighted by molar-refractivity contribution is 7.87. The molecule has 2 aliphatic rings. The van der Waals surface area contributed by atoms with Crippen LogP contribution in [0.25, 0.3) is 10.9 Å². The Labute approximate surface area is 198 Å². The lowest BCUT2D eigenvalue weighted by molar-refractivity contribution is 0.232. The van der Waals surface area contributed by atoms with Crippen LogP contribution in [0.15, 0.2) is 30.5 Å². The number of H-pyrrole nitrogens is 1. The monoisotopic (exact) mass is 481 g/mol. The standard InChI is InChI=1S/C22H27N9O2S/c1-14-10-21(30-29-14)27-20-13-19-18(4-2-8-24-19)22(28-20)26-15-11-16-5-6-17(12-15)31(16)34(32,33)25-9-3-7-23/h2,4,8,10,13,15-17,25H,3,5-6,9,11-12H2,1H3,(H3,26,27,28,29,30)/t15-,16-,17+. The summed E-state index contributed by atoms with van der Waals surface area (Å²) in [4.78, 5) is 9.29. The van der Waals surface area contributed by atoms with E-state index < -0.39 is 10.2 Å². The summed E-state index contributed by atoms with van der Waals surface area (Å²) in [5.41, 5.74) is 1.75. The predicted octanol–water partition coefficient (Wildman–Crippen LogP) is 2.56. The van der Waals surface area contributed by atoms with Crippen LogP contribution in [-0.2, 0) is 10.2 Å². The molecule has 178 valence electrons. The highest BCUT2D eigenvalue weighted by atomic mass is 32.2. The second kappa shape index (κ2) is 9.17. The van der Waals surface area contributed by atoms with Crippen LogP contribution in [0.5, 0.6) is 0 Å². The van der Waals surface area contributed by atoms with E-state index in [9.17, 15) is 8.42 Å². The third kappa shape index (κ3) is 4.54. The van der Waals surface area contributed by atoms with Crippen LogP contribution in [0.4, 0.5) is 17.5 Å². The number of fused-ring (bicyclic) bond motifs is 3. The summed E-state index contributed by atoms with van der Waals surface area (Å²) in [6, 6.07) is 9.55. The molecule has 0 amide bonds. The Hall–Kier alpha value is -3.27. The maximum atomic E-state index is 12.8. The van der Waals surface area contributed by atoms with Crippen LogP contribution in [0.2, 0.25) is 0 Å². The molecular weight excluding hydrogens is 454 g/mol. The van der Waals surface area contributed by atoms with Crippen LogP contribution in [0, 0.1) is 18.3 Å². The fraction of sp³-hybridized carbons (Fsp3) is 0.455. The van der Waals surface area contributed by atoms with Gasteiger partial charge in [-0.1, -0.05) is 0 Å². The molecule has 2 saturated heterocycles. The van der Waals surface area contributed by atoms with Gasteiger partial charge in [-0.25, -0.2) is 9.71 Å². The molecule has 5 rings (SSSR count). The van der Waals surface area contributed by atoms with Crippen LogP contribution < -0.4 is 15.4 Å². The molecule has 0 aromatic carbocycles. The lowest BCUT2D eigenvalue weighted by Crippen LogP contribution is -2.53. The first-order chi connectivity index (χ1) is 16.4. The van der Waals surface area contributed by atoms with Gasteiger partial charge in [-0.2, -0.15) is 23.1 Å². The number of aryl methyl sites for hydroxylation is 1. The van der Waals surface area contributed by atoms with Crippen molar-refractivity contribution in [3.05, 3.63) is 36.2 Å². The number of nitriles is 1. The average molecular weight is 482 g/mol. The first kappa shape index (κ1) is 22.5. The summed E-state index contributed by atoms with van der Waals surface area (Å²) in [5.74, 6) is 2.02. The zero-order valence-corrected chi connectivity index (χ0v) is 19.6. The van der Waals surface area contributed by atoms with Crippen molar-refractivity contribution in [2.75, 3.05) is 17.2 Å². The summed E-state index contributed by atoms with van der Waals surface area (Å²) in [6.45, 7) is 2.06. The minimum absolute atomic E-state index is 0.0754. The van der Waals surface area contributed by atoms with Crippen molar-refractivity contribution in [3.63, 3.8) is 0 Å². The maximum absolute atomic E-state index is 12.8. The summed E-state index contributed by atoms with van der Waals surface area (Å²) in [7, 11) is -3.60. The summed E-state index contributed by atoms with van der Waals surface area (Å²) >= 11 is 0. The summed E-state index contributed by atoms with van der Waals surface area (Å²) in [5, 5.41) is 23.6. The number of nitrogens with zero attached hydrogens (tertiary/aromatic N) is 5. The quantitative estimate of drug-likeness (QED) is 0.358. The Morgan fingerprint density at radius 2 is 2.03 bits per heavy atom. The molecule has 2 bridgehead atoms. The van der Waals surface area contributed by atoms with Gasteiger partial charge in [0.05, 0.1) is 11.6 Å². The molecule has 4 N–H and O–H groups in total. The van der Waals surface area contributed by atoms with Gasteiger partial charge in [-0.3, -0.25) is 10.1 Å². The molecule has 0 radical (unpaired) electrons. The topological polar surface area (TPSA) is 152 Å². The van der Waals surface area contributed by atoms with E-state index in [4.69, 9.17) is 10.2 Å². The van der Waals surface area contributed by atoms with Crippen molar-refractivity contribution in [2.45, 2.75) is 57.2 Å². The van der Waals surface area contributed by atoms with E-state index in [1.54, 1.807) is 10.5 Å². The minimum atomic E-state index is -3.60. The Balaban J connectivity index is 1.35. The van der Waals surface area contributed by atoms with Crippen molar-refractivity contribution in [1.29, 1.82) is 5.26 Å². The predicted molar refractivity (Wildman–Crippen MR) is 129 cm³/mol. The van der Waals surface area contributed by atoms with Crippen LogP contribution >= 0.6 is 0 Å². The van der Waals surface area contributed by atoms with Crippen molar-refractivity contribution < 1.29 is 8.42 Å². The van der Waals surface area contributed by atoms with Gasteiger partial charge in [0.25, 0.3) is 10.2 Å². The van der Waals surface area contributed by atoms with E-state index in [0.29, 0.717) is 30.3 Å². The van der Waals surface area contributed by atoms with Crippen LogP contribution in [-0.4, -0.2) is 57.6 Å². The number of nitrogens with one attached hydrogen (secondary N) is 4. The van der Waals surface area contributed by atoms with Gasteiger partial charge in [-0.15, -0.1) is 0 Å². The number of anilines is 3. The fourth-order valence-corrected chi connectivity index (χ4v) is 6.69. The first-order valence-corrected chi connectivity index (χ1v) is 12.8.